The van der Waals surface area contributed by atoms with Gasteiger partial charge in [-0.2, -0.15) is 5.10 Å². The van der Waals surface area contributed by atoms with Crippen molar-refractivity contribution in [3.63, 3.8) is 0 Å². The first-order valence-corrected chi connectivity index (χ1v) is 7.26. The second-order valence-corrected chi connectivity index (χ2v) is 4.95. The predicted molar refractivity (Wildman–Crippen MR) is 83.5 cm³/mol. The van der Waals surface area contributed by atoms with Crippen LogP contribution in [0.15, 0.2) is 17.1 Å². The third kappa shape index (κ3) is 5.30. The summed E-state index contributed by atoms with van der Waals surface area (Å²) >= 11 is 0. The summed E-state index contributed by atoms with van der Waals surface area (Å²) < 4.78 is 1.50. The van der Waals surface area contributed by atoms with Crippen LogP contribution in [0.2, 0.25) is 0 Å². The van der Waals surface area contributed by atoms with Crippen LogP contribution < -0.4 is 15.8 Å². The van der Waals surface area contributed by atoms with Crippen molar-refractivity contribution >= 4 is 5.69 Å². The molecule has 0 unspecified atom stereocenters. The molecule has 1 N–H and O–H groups in total. The summed E-state index contributed by atoms with van der Waals surface area (Å²) in [6.45, 7) is 9.82. The van der Waals surface area contributed by atoms with Crippen LogP contribution in [0.4, 0.5) is 5.69 Å². The highest BCUT2D eigenvalue weighted by Crippen LogP contribution is 2.02. The molecule has 1 rings (SSSR count). The quantitative estimate of drug-likeness (QED) is 0.657. The lowest BCUT2D eigenvalue weighted by Gasteiger charge is -2.18. The molecule has 0 saturated heterocycles. The molecule has 6 heteroatoms. The molecule has 0 saturated carbocycles. The normalized spacial score (nSPS) is 11.1. The van der Waals surface area contributed by atoms with Crippen LogP contribution in [0.3, 0.4) is 0 Å². The Balaban J connectivity index is 2.34. The van der Waals surface area contributed by atoms with Crippen LogP contribution in [0.1, 0.15) is 13.8 Å². The average molecular weight is 281 g/mol. The largest absolute Gasteiger partial charge is 0.376 e. The number of likely N-dealkylation sites (N-methyl/N-ethyl adjacent to an activating group) is 1. The zero-order valence-electron chi connectivity index (χ0n) is 13.1. The van der Waals surface area contributed by atoms with Crippen LogP contribution in [0.5, 0.6) is 0 Å². The van der Waals surface area contributed by atoms with Crippen molar-refractivity contribution in [3.8, 4) is 0 Å². The molecule has 0 fully saturated rings. The van der Waals surface area contributed by atoms with E-state index in [1.54, 1.807) is 12.3 Å². The van der Waals surface area contributed by atoms with E-state index in [-0.39, 0.29) is 5.56 Å². The van der Waals surface area contributed by atoms with Crippen LogP contribution in [0, 0.1) is 0 Å². The summed E-state index contributed by atoms with van der Waals surface area (Å²) in [6, 6.07) is 1.61. The Morgan fingerprint density at radius 1 is 1.25 bits per heavy atom. The molecule has 6 nitrogen and oxygen atoms in total. The summed E-state index contributed by atoms with van der Waals surface area (Å²) in [5, 5.41) is 7.52. The number of anilines is 1. The van der Waals surface area contributed by atoms with Crippen LogP contribution >= 0.6 is 0 Å². The van der Waals surface area contributed by atoms with Gasteiger partial charge in [0.25, 0.3) is 5.56 Å². The minimum Gasteiger partial charge on any atom is -0.376 e. The molecule has 0 aromatic carbocycles. The molecule has 1 heterocycles. The first-order valence-electron chi connectivity index (χ1n) is 7.26. The Labute approximate surface area is 121 Å². The van der Waals surface area contributed by atoms with Crippen molar-refractivity contribution in [1.82, 2.24) is 20.0 Å². The Morgan fingerprint density at radius 3 is 2.50 bits per heavy atom. The van der Waals surface area contributed by atoms with Crippen molar-refractivity contribution < 1.29 is 0 Å². The fourth-order valence-electron chi connectivity index (χ4n) is 1.92. The molecule has 1 aromatic rings. The van der Waals surface area contributed by atoms with Crippen molar-refractivity contribution in [1.29, 1.82) is 0 Å². The third-order valence-corrected chi connectivity index (χ3v) is 3.37. The molecule has 0 atom stereocenters. The molecule has 0 aliphatic carbocycles. The second kappa shape index (κ2) is 8.71. The first-order chi connectivity index (χ1) is 9.58. The number of aromatic nitrogens is 2. The minimum absolute atomic E-state index is 0.0539. The molecular formula is C14H27N5O. The van der Waals surface area contributed by atoms with Gasteiger partial charge in [0.2, 0.25) is 0 Å². The molecule has 0 aliphatic heterocycles. The highest BCUT2D eigenvalue weighted by Gasteiger charge is 2.02. The number of rotatable bonds is 9. The highest BCUT2D eigenvalue weighted by molar-refractivity contribution is 5.40. The lowest BCUT2D eigenvalue weighted by atomic mass is 10.4. The zero-order valence-corrected chi connectivity index (χ0v) is 13.1. The molecule has 0 bridgehead atoms. The van der Waals surface area contributed by atoms with E-state index in [1.165, 1.54) is 4.68 Å². The SMILES string of the molecule is CCN(CC)CCNCCn1ncc(N(C)C)cc1=O. The lowest BCUT2D eigenvalue weighted by molar-refractivity contribution is 0.301. The van der Waals surface area contributed by atoms with Gasteiger partial charge in [-0.1, -0.05) is 13.8 Å². The van der Waals surface area contributed by atoms with E-state index < -0.39 is 0 Å². The van der Waals surface area contributed by atoms with E-state index in [0.717, 1.165) is 38.4 Å². The van der Waals surface area contributed by atoms with Gasteiger partial charge in [-0.3, -0.25) is 4.79 Å². The predicted octanol–water partition coefficient (Wildman–Crippen LogP) is 0.241. The summed E-state index contributed by atoms with van der Waals surface area (Å²) in [5.74, 6) is 0. The maximum atomic E-state index is 11.8. The van der Waals surface area contributed by atoms with Gasteiger partial charge >= 0.3 is 0 Å². The van der Waals surface area contributed by atoms with Gasteiger partial charge in [0.15, 0.2) is 0 Å². The zero-order chi connectivity index (χ0) is 15.0. The van der Waals surface area contributed by atoms with E-state index in [4.69, 9.17) is 0 Å². The van der Waals surface area contributed by atoms with Crippen molar-refractivity contribution in [2.45, 2.75) is 20.4 Å². The minimum atomic E-state index is -0.0539. The Hall–Kier alpha value is -1.40. The summed E-state index contributed by atoms with van der Waals surface area (Å²) in [5.41, 5.74) is 0.780. The van der Waals surface area contributed by atoms with Gasteiger partial charge in [-0.15, -0.1) is 0 Å². The molecule has 114 valence electrons. The second-order valence-electron chi connectivity index (χ2n) is 4.95. The van der Waals surface area contributed by atoms with Crippen molar-refractivity contribution in [3.05, 3.63) is 22.6 Å². The fraction of sp³-hybridized carbons (Fsp3) is 0.714. The molecule has 0 spiro atoms. The molecule has 0 aliphatic rings. The number of hydrogen-bond donors (Lipinski definition) is 1. The number of hydrogen-bond acceptors (Lipinski definition) is 5. The van der Waals surface area contributed by atoms with Gasteiger partial charge < -0.3 is 15.1 Å². The summed E-state index contributed by atoms with van der Waals surface area (Å²) in [7, 11) is 3.80. The first kappa shape index (κ1) is 16.7. The van der Waals surface area contributed by atoms with E-state index in [0.29, 0.717) is 6.54 Å². The molecule has 0 amide bonds. The summed E-state index contributed by atoms with van der Waals surface area (Å²) in [6.07, 6.45) is 1.72. The maximum absolute atomic E-state index is 11.8. The van der Waals surface area contributed by atoms with Crippen LogP contribution in [-0.2, 0) is 6.54 Å². The fourth-order valence-corrected chi connectivity index (χ4v) is 1.92. The van der Waals surface area contributed by atoms with E-state index in [1.807, 2.05) is 19.0 Å². The Morgan fingerprint density at radius 2 is 1.95 bits per heavy atom. The lowest BCUT2D eigenvalue weighted by Crippen LogP contribution is -2.34. The van der Waals surface area contributed by atoms with Gasteiger partial charge in [0.1, 0.15) is 0 Å². The van der Waals surface area contributed by atoms with Crippen molar-refractivity contribution in [2.75, 3.05) is 51.7 Å². The number of nitrogens with one attached hydrogen (secondary N) is 1. The van der Waals surface area contributed by atoms with Gasteiger partial charge in [-0.25, -0.2) is 4.68 Å². The van der Waals surface area contributed by atoms with E-state index >= 15 is 0 Å². The highest BCUT2D eigenvalue weighted by atomic mass is 16.1. The van der Waals surface area contributed by atoms with Gasteiger partial charge in [-0.05, 0) is 13.1 Å². The third-order valence-electron chi connectivity index (χ3n) is 3.37. The van der Waals surface area contributed by atoms with E-state index in [9.17, 15) is 4.79 Å². The molecule has 1 aromatic heterocycles. The smallest absolute Gasteiger partial charge is 0.268 e. The summed E-state index contributed by atoms with van der Waals surface area (Å²) in [4.78, 5) is 16.1. The number of nitrogens with zero attached hydrogens (tertiary/aromatic N) is 4. The Bertz CT molecular complexity index is 439. The molecule has 0 radical (unpaired) electrons. The van der Waals surface area contributed by atoms with Gasteiger partial charge in [0.05, 0.1) is 18.4 Å². The van der Waals surface area contributed by atoms with Crippen LogP contribution in [-0.4, -0.2) is 61.5 Å². The maximum Gasteiger partial charge on any atom is 0.268 e. The van der Waals surface area contributed by atoms with E-state index in [2.05, 4.69) is 29.2 Å². The van der Waals surface area contributed by atoms with Crippen LogP contribution in [0.25, 0.3) is 0 Å². The average Bonchev–Trinajstić information content (AvgIpc) is 2.44. The standard InChI is InChI=1S/C14H27N5O/c1-5-18(6-2)9-7-15-8-10-19-14(20)11-13(12-16-19)17(3)4/h11-12,15H,5-10H2,1-4H3. The topological polar surface area (TPSA) is 53.4 Å². The molecule has 20 heavy (non-hydrogen) atoms. The van der Waals surface area contributed by atoms with Crippen molar-refractivity contribution in [2.24, 2.45) is 0 Å². The Kier molecular flexibility index (Phi) is 7.25. The molecular weight excluding hydrogens is 254 g/mol. The monoisotopic (exact) mass is 281 g/mol. The van der Waals surface area contributed by atoms with Gasteiger partial charge in [0, 0.05) is 39.8 Å².